The van der Waals surface area contributed by atoms with E-state index in [0.29, 0.717) is 23.6 Å². The molecule has 0 aliphatic heterocycles. The van der Waals surface area contributed by atoms with Crippen molar-refractivity contribution >= 4 is 33.0 Å². The molecule has 0 saturated heterocycles. The number of hydrogen-bond acceptors (Lipinski definition) is 6. The van der Waals surface area contributed by atoms with Gasteiger partial charge in [-0.3, -0.25) is 4.79 Å². The lowest BCUT2D eigenvalue weighted by atomic mass is 10.1. The average Bonchev–Trinajstić information content (AvgIpc) is 3.26. The van der Waals surface area contributed by atoms with Crippen LogP contribution >= 0.6 is 11.3 Å². The number of anilines is 1. The Morgan fingerprint density at radius 1 is 0.967 bits per heavy atom. The summed E-state index contributed by atoms with van der Waals surface area (Å²) in [7, 11) is -0.471. The zero-order valence-electron chi connectivity index (χ0n) is 16.5. The second kappa shape index (κ2) is 9.86. The van der Waals surface area contributed by atoms with Gasteiger partial charge in [-0.2, -0.15) is 0 Å². The van der Waals surface area contributed by atoms with Crippen LogP contribution in [0.3, 0.4) is 0 Å². The smallest absolute Gasteiger partial charge is 0.255 e. The van der Waals surface area contributed by atoms with E-state index in [1.165, 1.54) is 18.4 Å². The van der Waals surface area contributed by atoms with E-state index in [9.17, 15) is 13.2 Å². The van der Waals surface area contributed by atoms with Gasteiger partial charge in [-0.25, -0.2) is 13.1 Å². The number of carbonyl (C=O) groups excluding carboxylic acids is 1. The molecule has 0 aliphatic rings. The number of methoxy groups -OCH3 is 2. The summed E-state index contributed by atoms with van der Waals surface area (Å²) in [5.41, 5.74) is 2.00. The maximum Gasteiger partial charge on any atom is 0.255 e. The fourth-order valence-electron chi connectivity index (χ4n) is 2.63. The molecule has 0 spiro atoms. The molecule has 0 bridgehead atoms. The Kier molecular flexibility index (Phi) is 7.22. The van der Waals surface area contributed by atoms with Crippen LogP contribution in [-0.2, 0) is 14.8 Å². The molecule has 1 heterocycles. The van der Waals surface area contributed by atoms with Crippen molar-refractivity contribution < 1.29 is 22.7 Å². The highest BCUT2D eigenvalue weighted by Crippen LogP contribution is 2.31. The number of ether oxygens (including phenoxy) is 2. The topological polar surface area (TPSA) is 93.7 Å². The molecule has 0 fully saturated rings. The van der Waals surface area contributed by atoms with Crippen LogP contribution in [-0.4, -0.2) is 41.7 Å². The molecule has 0 atom stereocenters. The standard InChI is InChI=1S/C21H22N2O5S2/c1-27-14-13-22-30(25,26)20-12-11-19(29-20)15-3-5-16(6-4-15)21(24)23-17-7-9-18(28-2)10-8-17/h3-12,22H,13-14H2,1-2H3,(H,23,24). The Morgan fingerprint density at radius 2 is 1.67 bits per heavy atom. The van der Waals surface area contributed by atoms with Crippen LogP contribution in [0.15, 0.2) is 64.9 Å². The summed E-state index contributed by atoms with van der Waals surface area (Å²) in [5, 5.41) is 2.83. The molecule has 30 heavy (non-hydrogen) atoms. The first-order chi connectivity index (χ1) is 14.4. The number of hydrogen-bond donors (Lipinski definition) is 2. The van der Waals surface area contributed by atoms with Crippen molar-refractivity contribution in [3.05, 3.63) is 66.2 Å². The van der Waals surface area contributed by atoms with Gasteiger partial charge in [0.15, 0.2) is 0 Å². The molecule has 0 saturated carbocycles. The molecular formula is C21H22N2O5S2. The average molecular weight is 447 g/mol. The minimum Gasteiger partial charge on any atom is -0.497 e. The Labute approximate surface area is 179 Å². The third-order valence-electron chi connectivity index (χ3n) is 4.22. The van der Waals surface area contributed by atoms with E-state index in [1.807, 2.05) is 0 Å². The second-order valence-corrected chi connectivity index (χ2v) is 9.35. The van der Waals surface area contributed by atoms with E-state index in [-0.39, 0.29) is 16.7 Å². The molecule has 3 aromatic rings. The van der Waals surface area contributed by atoms with Crippen LogP contribution in [0.5, 0.6) is 5.75 Å². The van der Waals surface area contributed by atoms with Crippen LogP contribution in [0.25, 0.3) is 10.4 Å². The van der Waals surface area contributed by atoms with E-state index < -0.39 is 10.0 Å². The van der Waals surface area contributed by atoms with Gasteiger partial charge >= 0.3 is 0 Å². The lowest BCUT2D eigenvalue weighted by Crippen LogP contribution is -2.26. The van der Waals surface area contributed by atoms with E-state index in [1.54, 1.807) is 67.8 Å². The molecule has 7 nitrogen and oxygen atoms in total. The molecule has 158 valence electrons. The van der Waals surface area contributed by atoms with Crippen molar-refractivity contribution in [1.29, 1.82) is 0 Å². The number of amides is 1. The van der Waals surface area contributed by atoms with Gasteiger partial charge in [-0.05, 0) is 54.1 Å². The highest BCUT2D eigenvalue weighted by molar-refractivity contribution is 7.91. The summed E-state index contributed by atoms with van der Waals surface area (Å²) in [6, 6.07) is 17.4. The lowest BCUT2D eigenvalue weighted by Gasteiger charge is -2.07. The van der Waals surface area contributed by atoms with Gasteiger partial charge in [-0.1, -0.05) is 12.1 Å². The van der Waals surface area contributed by atoms with Crippen LogP contribution in [0.2, 0.25) is 0 Å². The molecule has 2 N–H and O–H groups in total. The van der Waals surface area contributed by atoms with Crippen molar-refractivity contribution in [2.24, 2.45) is 0 Å². The zero-order valence-corrected chi connectivity index (χ0v) is 18.2. The largest absolute Gasteiger partial charge is 0.497 e. The lowest BCUT2D eigenvalue weighted by molar-refractivity contribution is 0.102. The summed E-state index contributed by atoms with van der Waals surface area (Å²) < 4.78 is 37.3. The summed E-state index contributed by atoms with van der Waals surface area (Å²) in [6.07, 6.45) is 0. The fourth-order valence-corrected chi connectivity index (χ4v) is 5.00. The SMILES string of the molecule is COCCNS(=O)(=O)c1ccc(-c2ccc(C(=O)Nc3ccc(OC)cc3)cc2)s1. The van der Waals surface area contributed by atoms with Crippen molar-refractivity contribution in [3.63, 3.8) is 0 Å². The Hall–Kier alpha value is -2.72. The molecule has 0 radical (unpaired) electrons. The Bertz CT molecular complexity index is 1090. The van der Waals surface area contributed by atoms with Crippen molar-refractivity contribution in [2.75, 3.05) is 32.7 Å². The first kappa shape index (κ1) is 22.0. The van der Waals surface area contributed by atoms with Gasteiger partial charge in [0.05, 0.1) is 13.7 Å². The van der Waals surface area contributed by atoms with E-state index in [2.05, 4.69) is 10.0 Å². The highest BCUT2D eigenvalue weighted by Gasteiger charge is 2.17. The van der Waals surface area contributed by atoms with E-state index in [0.717, 1.165) is 10.4 Å². The first-order valence-electron chi connectivity index (χ1n) is 9.07. The van der Waals surface area contributed by atoms with Gasteiger partial charge in [0.2, 0.25) is 10.0 Å². The zero-order chi connectivity index (χ0) is 21.6. The number of thiophene rings is 1. The highest BCUT2D eigenvalue weighted by atomic mass is 32.2. The van der Waals surface area contributed by atoms with Crippen molar-refractivity contribution in [2.45, 2.75) is 4.21 Å². The second-order valence-electron chi connectivity index (χ2n) is 6.27. The summed E-state index contributed by atoms with van der Waals surface area (Å²) in [5.74, 6) is 0.479. The number of nitrogens with one attached hydrogen (secondary N) is 2. The normalized spacial score (nSPS) is 11.3. The summed E-state index contributed by atoms with van der Waals surface area (Å²) >= 11 is 1.17. The quantitative estimate of drug-likeness (QED) is 0.490. The molecular weight excluding hydrogens is 424 g/mol. The van der Waals surface area contributed by atoms with E-state index >= 15 is 0 Å². The molecule has 2 aromatic carbocycles. The van der Waals surface area contributed by atoms with Gasteiger partial charge in [0.1, 0.15) is 9.96 Å². The molecule has 0 aliphatic carbocycles. The Morgan fingerprint density at radius 3 is 2.30 bits per heavy atom. The van der Waals surface area contributed by atoms with Crippen LogP contribution in [0.4, 0.5) is 5.69 Å². The monoisotopic (exact) mass is 446 g/mol. The number of benzene rings is 2. The number of sulfonamides is 1. The van der Waals surface area contributed by atoms with Gasteiger partial charge in [0.25, 0.3) is 5.91 Å². The van der Waals surface area contributed by atoms with Crippen LogP contribution < -0.4 is 14.8 Å². The first-order valence-corrected chi connectivity index (χ1v) is 11.4. The number of carbonyl (C=O) groups is 1. The predicted octanol–water partition coefficient (Wildman–Crippen LogP) is 3.60. The molecule has 1 aromatic heterocycles. The minimum absolute atomic E-state index is 0.212. The maximum atomic E-state index is 12.4. The van der Waals surface area contributed by atoms with Crippen molar-refractivity contribution in [3.8, 4) is 16.2 Å². The summed E-state index contributed by atoms with van der Waals surface area (Å²) in [6.45, 7) is 0.515. The predicted molar refractivity (Wildman–Crippen MR) is 118 cm³/mol. The number of rotatable bonds is 9. The maximum absolute atomic E-state index is 12.4. The molecule has 9 heteroatoms. The minimum atomic E-state index is -3.57. The fraction of sp³-hybridized carbons (Fsp3) is 0.190. The molecule has 3 rings (SSSR count). The molecule has 0 unspecified atom stereocenters. The van der Waals surface area contributed by atoms with Crippen LogP contribution in [0.1, 0.15) is 10.4 Å². The van der Waals surface area contributed by atoms with Gasteiger partial charge in [0, 0.05) is 29.8 Å². The Balaban J connectivity index is 1.68. The third-order valence-corrected chi connectivity index (χ3v) is 7.31. The van der Waals surface area contributed by atoms with E-state index in [4.69, 9.17) is 9.47 Å². The molecule has 1 amide bonds. The van der Waals surface area contributed by atoms with Crippen molar-refractivity contribution in [1.82, 2.24) is 4.72 Å². The van der Waals surface area contributed by atoms with Gasteiger partial charge in [-0.15, -0.1) is 11.3 Å². The van der Waals surface area contributed by atoms with Crippen LogP contribution in [0, 0.1) is 0 Å². The van der Waals surface area contributed by atoms with Gasteiger partial charge < -0.3 is 14.8 Å². The summed E-state index contributed by atoms with van der Waals surface area (Å²) in [4.78, 5) is 13.2. The third kappa shape index (κ3) is 5.45.